The molecule has 3 fully saturated rings. The Morgan fingerprint density at radius 3 is 1.75 bits per heavy atom. The lowest BCUT2D eigenvalue weighted by Gasteiger charge is -2.59. The third-order valence-electron chi connectivity index (χ3n) is 7.08. The summed E-state index contributed by atoms with van der Waals surface area (Å²) in [5, 5.41) is 5.38. The lowest BCUT2D eigenvalue weighted by atomic mass is 9.72. The first-order chi connectivity index (χ1) is 12.5. The predicted molar refractivity (Wildman–Crippen MR) is 111 cm³/mol. The predicted octanol–water partition coefficient (Wildman–Crippen LogP) is 3.46. The minimum absolute atomic E-state index is 0.0425. The van der Waals surface area contributed by atoms with Crippen molar-refractivity contribution in [2.45, 2.75) is 121 Å². The molecule has 3 aliphatic heterocycles. The maximum Gasteiger partial charge on any atom is 0.254 e. The molecule has 28 heavy (non-hydrogen) atoms. The number of piperidine rings is 2. The van der Waals surface area contributed by atoms with Crippen LogP contribution in [0.5, 0.6) is 0 Å². The summed E-state index contributed by atoms with van der Waals surface area (Å²) >= 11 is 0. The first-order valence-electron chi connectivity index (χ1n) is 10.7. The van der Waals surface area contributed by atoms with Crippen molar-refractivity contribution in [3.8, 4) is 0 Å². The first-order valence-corrected chi connectivity index (χ1v) is 10.7. The molecule has 0 aliphatic carbocycles. The zero-order valence-corrected chi connectivity index (χ0v) is 19.7. The molecule has 3 aliphatic rings. The number of rotatable bonds is 2. The highest BCUT2D eigenvalue weighted by atomic mass is 16.7. The molecule has 3 heterocycles. The molecule has 0 saturated carbocycles. The Balaban J connectivity index is 1.98. The number of carbonyl (C=O) groups is 1. The van der Waals surface area contributed by atoms with Gasteiger partial charge in [-0.25, -0.2) is 0 Å². The van der Waals surface area contributed by atoms with Gasteiger partial charge in [-0.05, 0) is 61.9 Å². The lowest BCUT2D eigenvalue weighted by Crippen LogP contribution is -2.68. The molecule has 0 aromatic heterocycles. The topological polar surface area (TPSA) is 54.0 Å². The summed E-state index contributed by atoms with van der Waals surface area (Å²) in [4.78, 5) is 21.7. The van der Waals surface area contributed by atoms with Crippen molar-refractivity contribution in [1.82, 2.24) is 15.3 Å². The van der Waals surface area contributed by atoms with Crippen LogP contribution in [0.2, 0.25) is 0 Å². The number of hydrogen-bond donors (Lipinski definition) is 1. The molecule has 1 N–H and O–H groups in total. The third-order valence-corrected chi connectivity index (χ3v) is 7.08. The van der Waals surface area contributed by atoms with Crippen molar-refractivity contribution >= 4 is 5.91 Å². The summed E-state index contributed by atoms with van der Waals surface area (Å²) in [6.07, 6.45) is 2.81. The highest BCUT2D eigenvalue weighted by molar-refractivity contribution is 5.88. The quantitative estimate of drug-likeness (QED) is 0.776. The normalized spacial score (nSPS) is 32.6. The smallest absolute Gasteiger partial charge is 0.254 e. The van der Waals surface area contributed by atoms with Crippen LogP contribution in [0.15, 0.2) is 0 Å². The van der Waals surface area contributed by atoms with E-state index in [0.717, 1.165) is 19.4 Å². The molecule has 0 atom stereocenters. The Bertz CT molecular complexity index is 617. The number of nitrogens with zero attached hydrogens (tertiary/aromatic N) is 2. The van der Waals surface area contributed by atoms with E-state index in [4.69, 9.17) is 9.57 Å². The number of amides is 1. The molecule has 6 nitrogen and oxygen atoms in total. The second-order valence-electron chi connectivity index (χ2n) is 11.7. The van der Waals surface area contributed by atoms with Crippen LogP contribution < -0.4 is 5.32 Å². The second kappa shape index (κ2) is 6.16. The first kappa shape index (κ1) is 22.0. The van der Waals surface area contributed by atoms with Gasteiger partial charge in [-0.15, -0.1) is 0 Å². The Labute approximate surface area is 171 Å². The Morgan fingerprint density at radius 1 is 0.893 bits per heavy atom. The summed E-state index contributed by atoms with van der Waals surface area (Å²) in [5.74, 6) is 0.0425. The molecule has 3 saturated heterocycles. The second-order valence-corrected chi connectivity index (χ2v) is 11.7. The molecule has 6 heteroatoms. The van der Waals surface area contributed by atoms with Crippen LogP contribution in [0.3, 0.4) is 0 Å². The van der Waals surface area contributed by atoms with Crippen LogP contribution in [0.25, 0.3) is 0 Å². The monoisotopic (exact) mass is 395 g/mol. The van der Waals surface area contributed by atoms with Gasteiger partial charge in [-0.3, -0.25) is 9.69 Å². The van der Waals surface area contributed by atoms with E-state index in [-0.39, 0.29) is 28.1 Å². The lowest BCUT2D eigenvalue weighted by molar-refractivity contribution is -0.301. The van der Waals surface area contributed by atoms with Crippen LogP contribution in [0.1, 0.15) is 88.0 Å². The molecule has 162 valence electrons. The third kappa shape index (κ3) is 3.21. The van der Waals surface area contributed by atoms with Crippen LogP contribution in [0.4, 0.5) is 0 Å². The van der Waals surface area contributed by atoms with Gasteiger partial charge in [0.2, 0.25) is 0 Å². The summed E-state index contributed by atoms with van der Waals surface area (Å²) in [7, 11) is 1.71. The average Bonchev–Trinajstić information content (AvgIpc) is 2.63. The summed E-state index contributed by atoms with van der Waals surface area (Å²) < 4.78 is 6.89. The fourth-order valence-electron chi connectivity index (χ4n) is 7.40. The van der Waals surface area contributed by atoms with Crippen molar-refractivity contribution < 1.29 is 14.4 Å². The molecular formula is C22H41N3O3. The minimum Gasteiger partial charge on any atom is -0.339 e. The van der Waals surface area contributed by atoms with Gasteiger partial charge in [0.15, 0.2) is 5.60 Å². The maximum atomic E-state index is 13.5. The molecule has 0 aromatic rings. The Kier molecular flexibility index (Phi) is 4.84. The zero-order valence-electron chi connectivity index (χ0n) is 19.7. The molecule has 0 bridgehead atoms. The number of carbonyl (C=O) groups excluding carboxylic acids is 1. The molecule has 0 radical (unpaired) electrons. The standard InChI is InChI=1S/C22H41N3O3/c1-11-24-17(2,3)14-22(15-18(24,4)5)23-16(26)21(28-22)12-19(6,7)25(27-10)20(8,9)13-21/h11-15H2,1-10H3,(H,23,26). The average molecular weight is 396 g/mol. The molecule has 2 spiro atoms. The summed E-state index contributed by atoms with van der Waals surface area (Å²) in [6, 6.07) is 0. The molecular weight excluding hydrogens is 354 g/mol. The van der Waals surface area contributed by atoms with E-state index in [1.54, 1.807) is 7.11 Å². The van der Waals surface area contributed by atoms with Crippen LogP contribution >= 0.6 is 0 Å². The number of hydrogen-bond acceptors (Lipinski definition) is 5. The van der Waals surface area contributed by atoms with Crippen molar-refractivity contribution in [2.24, 2.45) is 0 Å². The minimum atomic E-state index is -0.817. The van der Waals surface area contributed by atoms with E-state index in [1.807, 2.05) is 5.06 Å². The van der Waals surface area contributed by atoms with Gasteiger partial charge >= 0.3 is 0 Å². The largest absolute Gasteiger partial charge is 0.339 e. The van der Waals surface area contributed by atoms with E-state index in [0.29, 0.717) is 12.8 Å². The molecule has 1 amide bonds. The van der Waals surface area contributed by atoms with Gasteiger partial charge in [-0.2, -0.15) is 5.06 Å². The fourth-order valence-corrected chi connectivity index (χ4v) is 7.40. The van der Waals surface area contributed by atoms with Gasteiger partial charge in [0.1, 0.15) is 5.72 Å². The summed E-state index contributed by atoms with van der Waals surface area (Å²) in [6.45, 7) is 20.8. The van der Waals surface area contributed by atoms with Crippen LogP contribution in [-0.2, 0) is 14.4 Å². The van der Waals surface area contributed by atoms with E-state index in [1.165, 1.54) is 0 Å². The van der Waals surface area contributed by atoms with E-state index >= 15 is 0 Å². The highest BCUT2D eigenvalue weighted by Gasteiger charge is 2.66. The number of ether oxygens (including phenoxy) is 1. The fraction of sp³-hybridized carbons (Fsp3) is 0.955. The van der Waals surface area contributed by atoms with E-state index < -0.39 is 11.3 Å². The molecule has 0 aromatic carbocycles. The maximum absolute atomic E-state index is 13.5. The van der Waals surface area contributed by atoms with Crippen molar-refractivity contribution in [2.75, 3.05) is 13.7 Å². The van der Waals surface area contributed by atoms with Crippen molar-refractivity contribution in [3.63, 3.8) is 0 Å². The van der Waals surface area contributed by atoms with Gasteiger partial charge in [0.25, 0.3) is 5.91 Å². The number of likely N-dealkylation sites (tertiary alicyclic amines) is 1. The van der Waals surface area contributed by atoms with Gasteiger partial charge in [0.05, 0.1) is 7.11 Å². The Hall–Kier alpha value is -0.690. The zero-order chi connectivity index (χ0) is 21.4. The van der Waals surface area contributed by atoms with Gasteiger partial charge < -0.3 is 14.9 Å². The van der Waals surface area contributed by atoms with E-state index in [9.17, 15) is 4.79 Å². The van der Waals surface area contributed by atoms with Gasteiger partial charge in [-0.1, -0.05) is 6.92 Å². The number of hydroxylamine groups is 2. The van der Waals surface area contributed by atoms with E-state index in [2.05, 4.69) is 72.5 Å². The molecule has 0 unspecified atom stereocenters. The van der Waals surface area contributed by atoms with Gasteiger partial charge in [0, 0.05) is 47.8 Å². The van der Waals surface area contributed by atoms with Crippen molar-refractivity contribution in [1.29, 1.82) is 0 Å². The summed E-state index contributed by atoms with van der Waals surface area (Å²) in [5.41, 5.74) is -2.18. The van der Waals surface area contributed by atoms with Crippen LogP contribution in [0, 0.1) is 0 Å². The SMILES string of the molecule is CCN1C(C)(C)CC2(CC1(C)C)NC(=O)C1(CC(C)(C)N(OC)C(C)(C)C1)O2. The highest BCUT2D eigenvalue weighted by Crippen LogP contribution is 2.53. The van der Waals surface area contributed by atoms with Crippen molar-refractivity contribution in [3.05, 3.63) is 0 Å². The number of nitrogens with one attached hydrogen (secondary N) is 1. The molecule has 3 rings (SSSR count). The van der Waals surface area contributed by atoms with Crippen LogP contribution in [-0.4, -0.2) is 63.0 Å². The Morgan fingerprint density at radius 2 is 1.36 bits per heavy atom.